The number of phenolic OH excluding ortho intramolecular Hbond substituents is 2. The van der Waals surface area contributed by atoms with Crippen LogP contribution in [-0.4, -0.2) is 10.2 Å². The zero-order valence-corrected chi connectivity index (χ0v) is 5.47. The van der Waals surface area contributed by atoms with Crippen LogP contribution in [0.25, 0.3) is 0 Å². The van der Waals surface area contributed by atoms with E-state index in [1.54, 1.807) is 0 Å². The van der Waals surface area contributed by atoms with E-state index in [9.17, 15) is 0 Å². The Kier molecular flexibility index (Phi) is 1.53. The molecule has 0 fully saturated rings. The zero-order valence-electron chi connectivity index (χ0n) is 4.57. The van der Waals surface area contributed by atoms with Gasteiger partial charge in [0.05, 0.1) is 0 Å². The molecule has 2 N–H and O–H groups in total. The Morgan fingerprint density at radius 1 is 1.22 bits per heavy atom. The normalized spacial score (nSPS) is 9.44. The average Bonchev–Trinajstić information content (AvgIpc) is 1.80. The van der Waals surface area contributed by atoms with Crippen molar-refractivity contribution < 1.29 is 10.2 Å². The van der Waals surface area contributed by atoms with Gasteiger partial charge in [-0.3, -0.25) is 0 Å². The average molecular weight is 142 g/mol. The molecule has 1 rings (SSSR count). The molecule has 1 aromatic carbocycles. The molecule has 0 saturated carbocycles. The number of benzene rings is 1. The molecule has 0 spiro atoms. The minimum absolute atomic E-state index is 0.0798. The Morgan fingerprint density at radius 2 is 1.89 bits per heavy atom. The Labute approximate surface area is 58.2 Å². The summed E-state index contributed by atoms with van der Waals surface area (Å²) < 4.78 is 0. The minimum Gasteiger partial charge on any atom is -0.508 e. The summed E-state index contributed by atoms with van der Waals surface area (Å²) >= 11 is 3.86. The molecule has 3 heteroatoms. The van der Waals surface area contributed by atoms with Crippen molar-refractivity contribution in [3.8, 4) is 11.5 Å². The van der Waals surface area contributed by atoms with Crippen LogP contribution in [0.1, 0.15) is 0 Å². The molecule has 9 heavy (non-hydrogen) atoms. The van der Waals surface area contributed by atoms with Crippen LogP contribution in [0.4, 0.5) is 0 Å². The van der Waals surface area contributed by atoms with Crippen LogP contribution >= 0.6 is 12.6 Å². The Morgan fingerprint density at radius 3 is 2.33 bits per heavy atom. The van der Waals surface area contributed by atoms with E-state index in [4.69, 9.17) is 10.2 Å². The third-order valence-corrected chi connectivity index (χ3v) is 1.32. The van der Waals surface area contributed by atoms with E-state index < -0.39 is 0 Å². The van der Waals surface area contributed by atoms with Gasteiger partial charge in [0.2, 0.25) is 0 Å². The van der Waals surface area contributed by atoms with Gasteiger partial charge in [0.1, 0.15) is 11.5 Å². The second kappa shape index (κ2) is 2.19. The van der Waals surface area contributed by atoms with Crippen molar-refractivity contribution in [3.63, 3.8) is 0 Å². The second-order valence-electron chi connectivity index (χ2n) is 1.67. The van der Waals surface area contributed by atoms with Crippen LogP contribution in [-0.2, 0) is 0 Å². The Hall–Kier alpha value is -0.830. The van der Waals surface area contributed by atoms with Crippen molar-refractivity contribution in [1.29, 1.82) is 0 Å². The van der Waals surface area contributed by atoms with Crippen LogP contribution < -0.4 is 0 Å². The van der Waals surface area contributed by atoms with Gasteiger partial charge in [-0.05, 0) is 18.2 Å². The van der Waals surface area contributed by atoms with E-state index in [0.717, 1.165) is 0 Å². The van der Waals surface area contributed by atoms with Crippen LogP contribution in [0, 0.1) is 0 Å². The quantitative estimate of drug-likeness (QED) is 0.378. The number of hydrogen-bond acceptors (Lipinski definition) is 3. The van der Waals surface area contributed by atoms with Crippen molar-refractivity contribution in [2.75, 3.05) is 0 Å². The molecule has 0 aliphatic carbocycles. The SMILES string of the molecule is Oc1ccc(O)c(S)c1. The third kappa shape index (κ3) is 1.29. The summed E-state index contributed by atoms with van der Waals surface area (Å²) in [7, 11) is 0. The lowest BCUT2D eigenvalue weighted by Gasteiger charge is -1.95. The number of phenols is 2. The molecule has 0 aromatic heterocycles. The maximum Gasteiger partial charge on any atom is 0.129 e. The van der Waals surface area contributed by atoms with Crippen molar-refractivity contribution in [1.82, 2.24) is 0 Å². The summed E-state index contributed by atoms with van der Waals surface area (Å²) in [5.74, 6) is 0.189. The van der Waals surface area contributed by atoms with Crippen LogP contribution in [0.2, 0.25) is 0 Å². The highest BCUT2D eigenvalue weighted by atomic mass is 32.1. The van der Waals surface area contributed by atoms with Crippen molar-refractivity contribution in [3.05, 3.63) is 18.2 Å². The van der Waals surface area contributed by atoms with Crippen molar-refractivity contribution >= 4 is 12.6 Å². The molecular weight excluding hydrogens is 136 g/mol. The van der Waals surface area contributed by atoms with Crippen molar-refractivity contribution in [2.24, 2.45) is 0 Å². The van der Waals surface area contributed by atoms with Crippen LogP contribution in [0.5, 0.6) is 11.5 Å². The smallest absolute Gasteiger partial charge is 0.129 e. The number of thiol groups is 1. The van der Waals surface area contributed by atoms with E-state index in [1.807, 2.05) is 0 Å². The fourth-order valence-corrected chi connectivity index (χ4v) is 0.719. The molecule has 0 amide bonds. The summed E-state index contributed by atoms with van der Waals surface area (Å²) in [6.45, 7) is 0. The first-order valence-electron chi connectivity index (χ1n) is 2.41. The molecule has 0 saturated heterocycles. The lowest BCUT2D eigenvalue weighted by Crippen LogP contribution is -1.67. The zero-order chi connectivity index (χ0) is 6.85. The van der Waals surface area contributed by atoms with Crippen LogP contribution in [0.15, 0.2) is 23.1 Å². The Bertz CT molecular complexity index is 222. The molecule has 0 aliphatic heterocycles. The standard InChI is InChI=1S/C6H6O2S/c7-4-1-2-5(8)6(9)3-4/h1-3,7-9H. The lowest BCUT2D eigenvalue weighted by atomic mass is 10.3. The molecule has 0 atom stereocenters. The first-order valence-corrected chi connectivity index (χ1v) is 2.86. The van der Waals surface area contributed by atoms with Gasteiger partial charge in [0, 0.05) is 4.90 Å². The lowest BCUT2D eigenvalue weighted by molar-refractivity contribution is 0.449. The van der Waals surface area contributed by atoms with Crippen molar-refractivity contribution in [2.45, 2.75) is 4.90 Å². The van der Waals surface area contributed by atoms with E-state index in [-0.39, 0.29) is 11.5 Å². The highest BCUT2D eigenvalue weighted by Crippen LogP contribution is 2.24. The highest BCUT2D eigenvalue weighted by molar-refractivity contribution is 7.80. The molecule has 0 heterocycles. The van der Waals surface area contributed by atoms with Gasteiger partial charge in [-0.2, -0.15) is 0 Å². The van der Waals surface area contributed by atoms with E-state index in [2.05, 4.69) is 12.6 Å². The summed E-state index contributed by atoms with van der Waals surface area (Å²) in [4.78, 5) is 0.384. The number of hydrogen-bond donors (Lipinski definition) is 3. The number of aromatic hydroxyl groups is 2. The summed E-state index contributed by atoms with van der Waals surface area (Å²) in [5.41, 5.74) is 0. The van der Waals surface area contributed by atoms with Gasteiger partial charge in [-0.1, -0.05) is 0 Å². The maximum absolute atomic E-state index is 8.86. The highest BCUT2D eigenvalue weighted by Gasteiger charge is 1.94. The molecule has 0 radical (unpaired) electrons. The van der Waals surface area contributed by atoms with Gasteiger partial charge in [-0.25, -0.2) is 0 Å². The fourth-order valence-electron chi connectivity index (χ4n) is 0.512. The summed E-state index contributed by atoms with van der Waals surface area (Å²) in [6, 6.07) is 4.16. The van der Waals surface area contributed by atoms with E-state index >= 15 is 0 Å². The minimum atomic E-state index is 0.0798. The molecule has 0 unspecified atom stereocenters. The third-order valence-electron chi connectivity index (χ3n) is 0.959. The maximum atomic E-state index is 8.86. The Balaban J connectivity index is 3.17. The topological polar surface area (TPSA) is 40.5 Å². The molecule has 2 nitrogen and oxygen atoms in total. The second-order valence-corrected chi connectivity index (χ2v) is 2.15. The predicted molar refractivity (Wildman–Crippen MR) is 37.0 cm³/mol. The molecular formula is C6H6O2S. The van der Waals surface area contributed by atoms with Gasteiger partial charge in [-0.15, -0.1) is 12.6 Å². The summed E-state index contributed by atoms with van der Waals surface area (Å²) in [5, 5.41) is 17.6. The van der Waals surface area contributed by atoms with Gasteiger partial charge >= 0.3 is 0 Å². The van der Waals surface area contributed by atoms with E-state index in [0.29, 0.717) is 4.90 Å². The number of rotatable bonds is 0. The van der Waals surface area contributed by atoms with Gasteiger partial charge in [0.15, 0.2) is 0 Å². The first-order chi connectivity index (χ1) is 4.20. The van der Waals surface area contributed by atoms with Gasteiger partial charge < -0.3 is 10.2 Å². The largest absolute Gasteiger partial charge is 0.508 e. The monoisotopic (exact) mass is 142 g/mol. The fraction of sp³-hybridized carbons (Fsp3) is 0. The summed E-state index contributed by atoms with van der Waals surface area (Å²) in [6.07, 6.45) is 0. The predicted octanol–water partition coefficient (Wildman–Crippen LogP) is 1.39. The molecule has 0 aliphatic rings. The first kappa shape index (κ1) is 6.29. The molecule has 48 valence electrons. The van der Waals surface area contributed by atoms with Crippen LogP contribution in [0.3, 0.4) is 0 Å². The molecule has 0 bridgehead atoms. The molecule has 1 aromatic rings. The van der Waals surface area contributed by atoms with Gasteiger partial charge in [0.25, 0.3) is 0 Å². The van der Waals surface area contributed by atoms with E-state index in [1.165, 1.54) is 18.2 Å².